The second-order valence-electron chi connectivity index (χ2n) is 15.0. The van der Waals surface area contributed by atoms with Crippen LogP contribution in [-0.4, -0.2) is 125 Å². The van der Waals surface area contributed by atoms with Gasteiger partial charge in [-0.15, -0.1) is 0 Å². The second-order valence-corrected chi connectivity index (χ2v) is 15.0. The van der Waals surface area contributed by atoms with E-state index < -0.39 is 65.2 Å². The van der Waals surface area contributed by atoms with E-state index in [0.29, 0.717) is 5.56 Å². The number of rotatable bonds is 19. The molecule has 1 saturated heterocycles. The van der Waals surface area contributed by atoms with Gasteiger partial charge in [-0.25, -0.2) is 27.7 Å². The molecule has 18 heteroatoms. The summed E-state index contributed by atoms with van der Waals surface area (Å²) in [6.07, 6.45) is 1.94. The number of nitrogens with one attached hydrogen (secondary N) is 3. The van der Waals surface area contributed by atoms with Crippen molar-refractivity contribution in [2.45, 2.75) is 52.0 Å². The number of alkyl halides is 1. The van der Waals surface area contributed by atoms with Gasteiger partial charge in [0.05, 0.1) is 37.5 Å². The molecule has 2 aromatic carbocycles. The number of imidazole rings is 1. The molecular formula is C40H50F3N7O8. The molecule has 0 spiro atoms. The third-order valence-corrected chi connectivity index (χ3v) is 9.99. The molecule has 314 valence electrons. The van der Waals surface area contributed by atoms with Gasteiger partial charge >= 0.3 is 12.1 Å². The molecule has 5 amide bonds. The fraction of sp³-hybridized carbons (Fsp3) is 0.475. The van der Waals surface area contributed by atoms with Gasteiger partial charge in [0.2, 0.25) is 0 Å². The number of imide groups is 1. The van der Waals surface area contributed by atoms with Crippen LogP contribution in [0.4, 0.5) is 22.8 Å². The third-order valence-electron chi connectivity index (χ3n) is 9.99. The Hall–Kier alpha value is -5.46. The standard InChI is InChI=1S/C40H50F3N7O8/c1-25(24-58-39(56)45-12-15-57-16-13-49-34(53)9-10-35(49)54)46-38(55)50(22-27-19-44-20-32(27)43)36(40(2,3)11-14-51)37-47-33(30-18-28(41)7-8-31(30)42)23-48(37)21-26-5-4-6-29(52)17-26/h4-10,17-18,23,25,27,32,36,44,51-52H,11-16,19-22,24H2,1-3H3,(H,45,56)(H,46,55)/t25-,27-,32-,36-/m0/s1. The molecule has 5 N–H and O–H groups in total. The van der Waals surface area contributed by atoms with Crippen LogP contribution in [0.25, 0.3) is 11.3 Å². The second kappa shape index (κ2) is 19.8. The monoisotopic (exact) mass is 813 g/mol. The number of amides is 5. The normalized spacial score (nSPS) is 17.7. The number of ether oxygens (including phenoxy) is 2. The molecule has 1 aromatic heterocycles. The highest BCUT2D eigenvalue weighted by Crippen LogP contribution is 2.43. The van der Waals surface area contributed by atoms with Crippen LogP contribution in [0, 0.1) is 23.0 Å². The van der Waals surface area contributed by atoms with E-state index in [1.807, 2.05) is 13.8 Å². The van der Waals surface area contributed by atoms with E-state index >= 15 is 8.78 Å². The molecule has 0 radical (unpaired) electrons. The first-order valence-corrected chi connectivity index (χ1v) is 19.0. The van der Waals surface area contributed by atoms with Crippen LogP contribution >= 0.6 is 0 Å². The average Bonchev–Trinajstić information content (AvgIpc) is 3.86. The Labute approximate surface area is 334 Å². The Morgan fingerprint density at radius 1 is 1.10 bits per heavy atom. The van der Waals surface area contributed by atoms with Crippen molar-refractivity contribution >= 4 is 23.9 Å². The van der Waals surface area contributed by atoms with Gasteiger partial charge in [-0.3, -0.25) is 14.5 Å². The number of aliphatic hydroxyl groups excluding tert-OH is 1. The molecule has 58 heavy (non-hydrogen) atoms. The van der Waals surface area contributed by atoms with Crippen molar-refractivity contribution in [1.82, 2.24) is 35.3 Å². The summed E-state index contributed by atoms with van der Waals surface area (Å²) >= 11 is 0. The van der Waals surface area contributed by atoms with Crippen LogP contribution in [-0.2, 0) is 25.6 Å². The predicted molar refractivity (Wildman–Crippen MR) is 205 cm³/mol. The summed E-state index contributed by atoms with van der Waals surface area (Å²) in [7, 11) is 0. The highest BCUT2D eigenvalue weighted by Gasteiger charge is 2.43. The number of phenolic OH excluding ortho intramolecular Hbond substituents is 1. The van der Waals surface area contributed by atoms with Crippen LogP contribution in [0.5, 0.6) is 5.75 Å². The molecule has 2 aliphatic rings. The number of nitrogens with zero attached hydrogens (tertiary/aromatic N) is 4. The maximum Gasteiger partial charge on any atom is 0.407 e. The SMILES string of the molecule is C[C@@H](COC(=O)NCCOCCN1C(=O)C=CC1=O)NC(=O)N(C[C@@H]1CNC[C@@H]1F)[C@@H](c1nc(-c2cc(F)ccc2F)cn1Cc1cccc(O)c1)C(C)(C)CCO. The Morgan fingerprint density at radius 3 is 2.55 bits per heavy atom. The first kappa shape index (κ1) is 43.7. The number of phenols is 1. The highest BCUT2D eigenvalue weighted by atomic mass is 19.1. The zero-order valence-electron chi connectivity index (χ0n) is 32.6. The molecule has 5 rings (SSSR count). The fourth-order valence-electron chi connectivity index (χ4n) is 6.95. The number of urea groups is 1. The Bertz CT molecular complexity index is 1940. The number of alkyl carbamates (subject to hydrolysis) is 1. The third kappa shape index (κ3) is 11.3. The number of aromatic nitrogens is 2. The summed E-state index contributed by atoms with van der Waals surface area (Å²) in [6.45, 7) is 5.31. The molecule has 2 aliphatic heterocycles. The molecule has 0 saturated carbocycles. The van der Waals surface area contributed by atoms with Crippen LogP contribution in [0.3, 0.4) is 0 Å². The van der Waals surface area contributed by atoms with Crippen molar-refractivity contribution in [3.63, 3.8) is 0 Å². The topological polar surface area (TPSA) is 188 Å². The van der Waals surface area contributed by atoms with Gasteiger partial charge in [-0.05, 0) is 54.7 Å². The Morgan fingerprint density at radius 2 is 1.86 bits per heavy atom. The van der Waals surface area contributed by atoms with E-state index in [9.17, 15) is 33.8 Å². The lowest BCUT2D eigenvalue weighted by molar-refractivity contribution is -0.137. The van der Waals surface area contributed by atoms with Crippen molar-refractivity contribution in [2.75, 3.05) is 59.2 Å². The number of halogens is 3. The van der Waals surface area contributed by atoms with Gasteiger partial charge in [0.15, 0.2) is 0 Å². The number of aromatic hydroxyl groups is 1. The number of carbonyl (C=O) groups excluding carboxylic acids is 4. The van der Waals surface area contributed by atoms with Crippen LogP contribution in [0.2, 0.25) is 0 Å². The van der Waals surface area contributed by atoms with Crippen molar-refractivity contribution in [3.05, 3.63) is 83.8 Å². The number of carbonyl (C=O) groups is 4. The maximum absolute atomic E-state index is 15.3. The lowest BCUT2D eigenvalue weighted by Crippen LogP contribution is -2.53. The molecule has 15 nitrogen and oxygen atoms in total. The summed E-state index contributed by atoms with van der Waals surface area (Å²) < 4.78 is 57.4. The largest absolute Gasteiger partial charge is 0.508 e. The number of aliphatic hydroxyl groups is 1. The highest BCUT2D eigenvalue weighted by molar-refractivity contribution is 6.12. The van der Waals surface area contributed by atoms with Gasteiger partial charge in [0, 0.05) is 69.2 Å². The first-order chi connectivity index (χ1) is 27.7. The molecule has 3 aromatic rings. The summed E-state index contributed by atoms with van der Waals surface area (Å²) in [5.74, 6) is -2.67. The minimum absolute atomic E-state index is 0.00183. The van der Waals surface area contributed by atoms with Gasteiger partial charge in [-0.1, -0.05) is 26.0 Å². The summed E-state index contributed by atoms with van der Waals surface area (Å²) in [6, 6.07) is 7.02. The van der Waals surface area contributed by atoms with E-state index in [2.05, 4.69) is 16.0 Å². The van der Waals surface area contributed by atoms with Crippen LogP contribution in [0.15, 0.2) is 60.8 Å². The van der Waals surface area contributed by atoms with Crippen molar-refractivity contribution in [1.29, 1.82) is 0 Å². The molecule has 4 atom stereocenters. The molecule has 0 unspecified atom stereocenters. The van der Waals surface area contributed by atoms with Gasteiger partial charge in [0.1, 0.15) is 36.0 Å². The number of hydrogen-bond donors (Lipinski definition) is 5. The smallest absolute Gasteiger partial charge is 0.407 e. The quantitative estimate of drug-likeness (QED) is 0.0884. The lowest BCUT2D eigenvalue weighted by Gasteiger charge is -2.43. The molecule has 0 bridgehead atoms. The maximum atomic E-state index is 15.3. The first-order valence-electron chi connectivity index (χ1n) is 19.0. The van der Waals surface area contributed by atoms with E-state index in [0.717, 1.165) is 23.1 Å². The Balaban J connectivity index is 1.36. The van der Waals surface area contributed by atoms with E-state index in [-0.39, 0.29) is 94.9 Å². The van der Waals surface area contributed by atoms with Crippen molar-refractivity contribution < 1.29 is 52.0 Å². The zero-order valence-corrected chi connectivity index (χ0v) is 32.6. The van der Waals surface area contributed by atoms with E-state index in [1.165, 1.54) is 35.4 Å². The predicted octanol–water partition coefficient (Wildman–Crippen LogP) is 3.66. The minimum atomic E-state index is -1.29. The molecule has 0 aliphatic carbocycles. The zero-order chi connectivity index (χ0) is 42.0. The minimum Gasteiger partial charge on any atom is -0.508 e. The van der Waals surface area contributed by atoms with Gasteiger partial charge < -0.3 is 45.1 Å². The lowest BCUT2D eigenvalue weighted by atomic mass is 9.79. The van der Waals surface area contributed by atoms with Gasteiger partial charge in [-0.2, -0.15) is 0 Å². The number of hydrogen-bond acceptors (Lipinski definition) is 10. The van der Waals surface area contributed by atoms with Crippen LogP contribution < -0.4 is 16.0 Å². The van der Waals surface area contributed by atoms with Crippen molar-refractivity contribution in [3.8, 4) is 17.0 Å². The Kier molecular flexibility index (Phi) is 14.9. The molecular weight excluding hydrogens is 763 g/mol. The van der Waals surface area contributed by atoms with Crippen LogP contribution in [0.1, 0.15) is 44.6 Å². The molecule has 1 fully saturated rings. The fourth-order valence-corrected chi connectivity index (χ4v) is 6.95. The van der Waals surface area contributed by atoms with Gasteiger partial charge in [0.25, 0.3) is 11.8 Å². The summed E-state index contributed by atoms with van der Waals surface area (Å²) in [5.41, 5.74) is -0.387. The van der Waals surface area contributed by atoms with E-state index in [4.69, 9.17) is 14.5 Å². The summed E-state index contributed by atoms with van der Waals surface area (Å²) in [4.78, 5) is 57.5. The van der Waals surface area contributed by atoms with Crippen molar-refractivity contribution in [2.24, 2.45) is 11.3 Å². The number of benzene rings is 2. The average molecular weight is 814 g/mol. The molecule has 3 heterocycles. The summed E-state index contributed by atoms with van der Waals surface area (Å²) in [5, 5.41) is 28.9. The van der Waals surface area contributed by atoms with E-state index in [1.54, 1.807) is 23.6 Å².